The van der Waals surface area contributed by atoms with Gasteiger partial charge in [-0.1, -0.05) is 30.3 Å². The molecule has 0 aromatic heterocycles. The lowest BCUT2D eigenvalue weighted by Crippen LogP contribution is -2.40. The Balaban J connectivity index is 1.84. The first-order chi connectivity index (χ1) is 10.3. The first-order valence-corrected chi connectivity index (χ1v) is 7.52. The average Bonchev–Trinajstić information content (AvgIpc) is 2.53. The Morgan fingerprint density at radius 3 is 2.90 bits per heavy atom. The van der Waals surface area contributed by atoms with Crippen molar-refractivity contribution < 1.29 is 9.47 Å². The second-order valence-corrected chi connectivity index (χ2v) is 6.17. The minimum atomic E-state index is 0.148. The molecule has 2 unspecified atom stereocenters. The molecule has 0 fully saturated rings. The van der Waals surface area contributed by atoms with Crippen molar-refractivity contribution in [2.45, 2.75) is 18.6 Å². The van der Waals surface area contributed by atoms with Crippen molar-refractivity contribution >= 4 is 0 Å². The van der Waals surface area contributed by atoms with Crippen LogP contribution >= 0.6 is 0 Å². The molecule has 3 aliphatic rings. The molecule has 21 heavy (non-hydrogen) atoms. The molecule has 0 bridgehead atoms. The van der Waals surface area contributed by atoms with E-state index < -0.39 is 0 Å². The van der Waals surface area contributed by atoms with E-state index in [4.69, 9.17) is 9.47 Å². The highest BCUT2D eigenvalue weighted by molar-refractivity contribution is 5.77. The van der Waals surface area contributed by atoms with E-state index in [0.29, 0.717) is 12.8 Å². The van der Waals surface area contributed by atoms with Gasteiger partial charge in [0, 0.05) is 18.2 Å². The van der Waals surface area contributed by atoms with Crippen molar-refractivity contribution in [1.82, 2.24) is 4.90 Å². The maximum Gasteiger partial charge on any atom is 0.189 e. The van der Waals surface area contributed by atoms with Crippen molar-refractivity contribution in [3.05, 3.63) is 53.1 Å². The summed E-state index contributed by atoms with van der Waals surface area (Å²) in [5, 5.41) is 0. The van der Waals surface area contributed by atoms with Crippen LogP contribution in [-0.4, -0.2) is 25.3 Å². The smallest absolute Gasteiger partial charge is 0.189 e. The predicted molar refractivity (Wildman–Crippen MR) is 80.3 cm³/mol. The first kappa shape index (κ1) is 11.8. The highest BCUT2D eigenvalue weighted by atomic mass is 16.7. The van der Waals surface area contributed by atoms with Gasteiger partial charge in [0.25, 0.3) is 0 Å². The fourth-order valence-corrected chi connectivity index (χ4v) is 4.11. The van der Waals surface area contributed by atoms with Crippen molar-refractivity contribution in [1.29, 1.82) is 0 Å². The Kier molecular flexibility index (Phi) is 2.29. The topological polar surface area (TPSA) is 21.7 Å². The summed E-state index contributed by atoms with van der Waals surface area (Å²) < 4.78 is 11.6. The summed E-state index contributed by atoms with van der Waals surface area (Å²) in [5.74, 6) is 1.02. The third-order valence-corrected chi connectivity index (χ3v) is 5.09. The van der Waals surface area contributed by atoms with Crippen LogP contribution in [0.15, 0.2) is 36.4 Å². The summed E-state index contributed by atoms with van der Waals surface area (Å²) in [4.78, 5) is 2.43. The van der Waals surface area contributed by atoms with E-state index in [1.165, 1.54) is 27.8 Å². The van der Waals surface area contributed by atoms with Crippen LogP contribution in [0.5, 0.6) is 5.75 Å². The van der Waals surface area contributed by atoms with Gasteiger partial charge in [0.1, 0.15) is 11.9 Å². The lowest BCUT2D eigenvalue weighted by atomic mass is 9.76. The van der Waals surface area contributed by atoms with E-state index in [0.717, 1.165) is 18.7 Å². The van der Waals surface area contributed by atoms with Crippen LogP contribution in [0.1, 0.15) is 28.8 Å². The molecule has 0 saturated heterocycles. The quantitative estimate of drug-likeness (QED) is 0.738. The first-order valence-electron chi connectivity index (χ1n) is 7.52. The minimum absolute atomic E-state index is 0.148. The third kappa shape index (κ3) is 1.50. The van der Waals surface area contributed by atoms with Gasteiger partial charge in [-0.15, -0.1) is 0 Å². The maximum absolute atomic E-state index is 5.85. The van der Waals surface area contributed by atoms with Crippen molar-refractivity contribution in [3.8, 4) is 16.9 Å². The van der Waals surface area contributed by atoms with Gasteiger partial charge in [-0.05, 0) is 41.8 Å². The van der Waals surface area contributed by atoms with E-state index >= 15 is 0 Å². The number of likely N-dealkylation sites (N-methyl/N-ethyl adjacent to an activating group) is 1. The Morgan fingerprint density at radius 1 is 1.05 bits per heavy atom. The van der Waals surface area contributed by atoms with E-state index in [1.54, 1.807) is 0 Å². The Bertz CT molecular complexity index is 740. The number of ether oxygens (including phenoxy) is 2. The molecular weight excluding hydrogens is 262 g/mol. The second-order valence-electron chi connectivity index (χ2n) is 6.17. The largest absolute Gasteiger partial charge is 0.467 e. The van der Waals surface area contributed by atoms with Crippen molar-refractivity contribution in [2.75, 3.05) is 20.4 Å². The van der Waals surface area contributed by atoms with Gasteiger partial charge in [-0.25, -0.2) is 0 Å². The van der Waals surface area contributed by atoms with Gasteiger partial charge in [0.05, 0.1) is 0 Å². The van der Waals surface area contributed by atoms with E-state index in [9.17, 15) is 0 Å². The summed E-state index contributed by atoms with van der Waals surface area (Å²) in [5.41, 5.74) is 6.87. The summed E-state index contributed by atoms with van der Waals surface area (Å²) in [6.07, 6.45) is 1.22. The van der Waals surface area contributed by atoms with Crippen molar-refractivity contribution in [3.63, 3.8) is 0 Å². The van der Waals surface area contributed by atoms with Gasteiger partial charge >= 0.3 is 0 Å². The molecule has 2 aliphatic heterocycles. The summed E-state index contributed by atoms with van der Waals surface area (Å²) >= 11 is 0. The monoisotopic (exact) mass is 279 g/mol. The number of benzene rings is 2. The Hall–Kier alpha value is -1.84. The predicted octanol–water partition coefficient (Wildman–Crippen LogP) is 3.30. The summed E-state index contributed by atoms with van der Waals surface area (Å²) in [6.45, 7) is 1.31. The number of hydrogen-bond acceptors (Lipinski definition) is 3. The molecule has 2 aromatic rings. The minimum Gasteiger partial charge on any atom is -0.467 e. The zero-order chi connectivity index (χ0) is 14.0. The average molecular weight is 279 g/mol. The number of hydrogen-bond donors (Lipinski definition) is 0. The highest BCUT2D eigenvalue weighted by Gasteiger charge is 2.40. The van der Waals surface area contributed by atoms with Crippen LogP contribution in [0, 0.1) is 0 Å². The third-order valence-electron chi connectivity index (χ3n) is 5.09. The zero-order valence-electron chi connectivity index (χ0n) is 12.0. The number of rotatable bonds is 0. The molecule has 3 heteroatoms. The van der Waals surface area contributed by atoms with Crippen molar-refractivity contribution in [2.24, 2.45) is 0 Å². The molecule has 2 aromatic carbocycles. The molecule has 3 nitrogen and oxygen atoms in total. The van der Waals surface area contributed by atoms with Crippen LogP contribution in [0.3, 0.4) is 0 Å². The second kappa shape index (κ2) is 4.09. The Labute approximate surface area is 124 Å². The highest BCUT2D eigenvalue weighted by Crippen LogP contribution is 2.51. The maximum atomic E-state index is 5.85. The molecule has 0 saturated carbocycles. The van der Waals surface area contributed by atoms with E-state index in [2.05, 4.69) is 48.3 Å². The molecular formula is C18H17NO2. The summed E-state index contributed by atoms with van der Waals surface area (Å²) in [7, 11) is 2.21. The Morgan fingerprint density at radius 2 is 1.95 bits per heavy atom. The van der Waals surface area contributed by atoms with E-state index in [-0.39, 0.29) is 6.10 Å². The van der Waals surface area contributed by atoms with Gasteiger partial charge in [-0.3, -0.25) is 4.90 Å². The fraction of sp³-hybridized carbons (Fsp3) is 0.333. The molecule has 0 spiro atoms. The van der Waals surface area contributed by atoms with Gasteiger partial charge in [0.15, 0.2) is 6.79 Å². The molecule has 0 radical (unpaired) electrons. The standard InChI is InChI=1S/C18H17NO2/c1-19-9-16-18-15(20-10-21-16)7-6-13-12-5-3-2-4-11(12)8-14(19)17(13)18/h2-7,14,16H,8-10H2,1H3. The molecule has 2 heterocycles. The van der Waals surface area contributed by atoms with Gasteiger partial charge < -0.3 is 9.47 Å². The van der Waals surface area contributed by atoms with Crippen LogP contribution in [0.25, 0.3) is 11.1 Å². The van der Waals surface area contributed by atoms with Crippen LogP contribution < -0.4 is 4.74 Å². The lowest BCUT2D eigenvalue weighted by molar-refractivity contribution is -0.0804. The SMILES string of the molecule is CN1CC2OCOc3ccc4c(c32)C1Cc1ccccc1-4. The molecule has 5 rings (SSSR count). The van der Waals surface area contributed by atoms with Crippen LogP contribution in [0.2, 0.25) is 0 Å². The molecule has 106 valence electrons. The van der Waals surface area contributed by atoms with Crippen LogP contribution in [0.4, 0.5) is 0 Å². The summed E-state index contributed by atoms with van der Waals surface area (Å²) in [6, 6.07) is 13.5. The van der Waals surface area contributed by atoms with Crippen LogP contribution in [-0.2, 0) is 11.2 Å². The number of fused-ring (bicyclic) bond motifs is 2. The molecule has 2 atom stereocenters. The van der Waals surface area contributed by atoms with E-state index in [1.807, 2.05) is 0 Å². The zero-order valence-corrected chi connectivity index (χ0v) is 12.0. The lowest BCUT2D eigenvalue weighted by Gasteiger charge is -2.44. The molecule has 1 aliphatic carbocycles. The van der Waals surface area contributed by atoms with Gasteiger partial charge in [-0.2, -0.15) is 0 Å². The fourth-order valence-electron chi connectivity index (χ4n) is 4.11. The number of nitrogens with zero attached hydrogens (tertiary/aromatic N) is 1. The normalized spacial score (nSPS) is 25.8. The molecule has 0 N–H and O–H groups in total. The van der Waals surface area contributed by atoms with Gasteiger partial charge in [0.2, 0.25) is 0 Å². The molecule has 0 amide bonds.